The predicted molar refractivity (Wildman–Crippen MR) is 70.0 cm³/mol. The molecule has 0 unspecified atom stereocenters. The van der Waals surface area contributed by atoms with Gasteiger partial charge in [-0.25, -0.2) is 4.79 Å². The number of ether oxygens (including phenoxy) is 4. The van der Waals surface area contributed by atoms with E-state index in [1.165, 1.54) is 7.11 Å². The van der Waals surface area contributed by atoms with Gasteiger partial charge < -0.3 is 24.1 Å². The Morgan fingerprint density at radius 3 is 2.91 bits per heavy atom. The number of hydrogen-bond donors (Lipinski definition) is 1. The van der Waals surface area contributed by atoms with Crippen LogP contribution in [0, 0.1) is 17.8 Å². The number of carbonyl (C=O) groups excluding carboxylic acids is 2. The van der Waals surface area contributed by atoms with Gasteiger partial charge in [0.25, 0.3) is 0 Å². The fourth-order valence-corrected chi connectivity index (χ4v) is 4.12. The smallest absolute Gasteiger partial charge is 0.337 e. The molecule has 1 spiro atoms. The third-order valence-electron chi connectivity index (χ3n) is 5.06. The number of hydrogen-bond acceptors (Lipinski definition) is 7. The van der Waals surface area contributed by atoms with Crippen LogP contribution in [0.25, 0.3) is 0 Å². The van der Waals surface area contributed by atoms with Gasteiger partial charge >= 0.3 is 11.9 Å². The topological polar surface area (TPSA) is 91.3 Å². The van der Waals surface area contributed by atoms with E-state index in [1.807, 2.05) is 0 Å². The molecule has 4 rings (SSSR count). The van der Waals surface area contributed by atoms with Crippen LogP contribution in [0.4, 0.5) is 0 Å². The monoisotopic (exact) mass is 308 g/mol. The van der Waals surface area contributed by atoms with Crippen molar-refractivity contribution in [2.45, 2.75) is 31.2 Å². The van der Waals surface area contributed by atoms with Gasteiger partial charge in [0.15, 0.2) is 18.2 Å². The summed E-state index contributed by atoms with van der Waals surface area (Å²) in [5.41, 5.74) is -0.520. The van der Waals surface area contributed by atoms with Gasteiger partial charge in [0, 0.05) is 5.92 Å². The molecule has 3 aliphatic heterocycles. The van der Waals surface area contributed by atoms with Crippen LogP contribution in [0.1, 0.15) is 6.92 Å². The second kappa shape index (κ2) is 4.41. The summed E-state index contributed by atoms with van der Waals surface area (Å²) in [6, 6.07) is 0. The van der Waals surface area contributed by atoms with E-state index in [1.54, 1.807) is 25.2 Å². The molecule has 0 aromatic carbocycles. The highest BCUT2D eigenvalue weighted by Crippen LogP contribution is 2.59. The standard InChI is InChI=1S/C15H16O7/c1-3-6-10-15(22-11(6)16)5-4-7-8(12(17)19-2)13(18)21-14(20-10)9(7)15/h3-5,7-10,13-14,18H,1-2H3/b6-3-/t7-,8-,9-,10+,13+,14+,15-/m1/s1. The maximum atomic E-state index is 12.0. The lowest BCUT2D eigenvalue weighted by Crippen LogP contribution is -2.52. The van der Waals surface area contributed by atoms with Crippen molar-refractivity contribution in [1.82, 2.24) is 0 Å². The van der Waals surface area contributed by atoms with E-state index in [2.05, 4.69) is 0 Å². The summed E-state index contributed by atoms with van der Waals surface area (Å²) >= 11 is 0. The maximum absolute atomic E-state index is 12.0. The first-order valence-electron chi connectivity index (χ1n) is 7.19. The molecular weight excluding hydrogens is 292 g/mol. The van der Waals surface area contributed by atoms with Gasteiger partial charge in [-0.3, -0.25) is 4.79 Å². The van der Waals surface area contributed by atoms with Crippen LogP contribution in [-0.2, 0) is 28.5 Å². The van der Waals surface area contributed by atoms with E-state index in [-0.39, 0.29) is 11.8 Å². The molecule has 3 heterocycles. The van der Waals surface area contributed by atoms with E-state index in [4.69, 9.17) is 18.9 Å². The second-order valence-electron chi connectivity index (χ2n) is 5.91. The molecule has 22 heavy (non-hydrogen) atoms. The van der Waals surface area contributed by atoms with Crippen LogP contribution >= 0.6 is 0 Å². The van der Waals surface area contributed by atoms with Gasteiger partial charge in [-0.15, -0.1) is 0 Å². The molecule has 7 nitrogen and oxygen atoms in total. The Bertz CT molecular complexity index is 609. The maximum Gasteiger partial charge on any atom is 0.337 e. The number of methoxy groups -OCH3 is 1. The van der Waals surface area contributed by atoms with Crippen molar-refractivity contribution < 1.29 is 33.6 Å². The summed E-state index contributed by atoms with van der Waals surface area (Å²) in [6.45, 7) is 1.74. The third-order valence-corrected chi connectivity index (χ3v) is 5.06. The van der Waals surface area contributed by atoms with Gasteiger partial charge in [0.1, 0.15) is 12.0 Å². The molecule has 7 atom stereocenters. The van der Waals surface area contributed by atoms with Crippen LogP contribution in [0.2, 0.25) is 0 Å². The summed E-state index contributed by atoms with van der Waals surface area (Å²) in [7, 11) is 1.26. The van der Waals surface area contributed by atoms with Gasteiger partial charge in [-0.2, -0.15) is 0 Å². The lowest BCUT2D eigenvalue weighted by molar-refractivity contribution is -0.284. The van der Waals surface area contributed by atoms with E-state index >= 15 is 0 Å². The van der Waals surface area contributed by atoms with Crippen LogP contribution in [0.3, 0.4) is 0 Å². The van der Waals surface area contributed by atoms with Crippen LogP contribution in [0.5, 0.6) is 0 Å². The molecule has 118 valence electrons. The molecular formula is C15H16O7. The second-order valence-corrected chi connectivity index (χ2v) is 5.91. The minimum Gasteiger partial charge on any atom is -0.469 e. The SMILES string of the molecule is C/C=C1\C(=O)O[C@@]23C=C[C@@H]4[C@H](C(=O)OC)[C@@H](O)O[C@H](O[C@@H]12)[C@@H]43. The number of rotatable bonds is 1. The molecule has 0 bridgehead atoms. The predicted octanol–water partition coefficient (Wildman–Crippen LogP) is -0.107. The van der Waals surface area contributed by atoms with Crippen LogP contribution in [0.15, 0.2) is 23.8 Å². The molecule has 1 aliphatic carbocycles. The average Bonchev–Trinajstić information content (AvgIpc) is 3.07. The third kappa shape index (κ3) is 1.46. The minimum atomic E-state index is -1.32. The van der Waals surface area contributed by atoms with Gasteiger partial charge in [-0.1, -0.05) is 12.2 Å². The van der Waals surface area contributed by atoms with Crippen molar-refractivity contribution >= 4 is 11.9 Å². The highest BCUT2D eigenvalue weighted by atomic mass is 16.8. The zero-order chi connectivity index (χ0) is 15.6. The highest BCUT2D eigenvalue weighted by Gasteiger charge is 2.72. The lowest BCUT2D eigenvalue weighted by atomic mass is 9.75. The number of esters is 2. The Kier molecular flexibility index (Phi) is 2.79. The van der Waals surface area contributed by atoms with Crippen molar-refractivity contribution in [2.24, 2.45) is 17.8 Å². The summed E-state index contributed by atoms with van der Waals surface area (Å²) in [5, 5.41) is 10.1. The largest absolute Gasteiger partial charge is 0.469 e. The number of aliphatic hydroxyl groups excluding tert-OH is 1. The Morgan fingerprint density at radius 1 is 1.45 bits per heavy atom. The number of allylic oxidation sites excluding steroid dienone is 2. The summed E-state index contributed by atoms with van der Waals surface area (Å²) in [4.78, 5) is 24.0. The summed E-state index contributed by atoms with van der Waals surface area (Å²) < 4.78 is 21.6. The molecule has 0 saturated carbocycles. The molecule has 0 aromatic rings. The quantitative estimate of drug-likeness (QED) is 0.410. The zero-order valence-corrected chi connectivity index (χ0v) is 12.1. The normalized spacial score (nSPS) is 50.0. The van der Waals surface area contributed by atoms with E-state index in [0.29, 0.717) is 5.57 Å². The van der Waals surface area contributed by atoms with Gasteiger partial charge in [0.2, 0.25) is 0 Å². The van der Waals surface area contributed by atoms with Crippen molar-refractivity contribution in [3.63, 3.8) is 0 Å². The van der Waals surface area contributed by atoms with E-state index < -0.39 is 42.1 Å². The Labute approximate surface area is 126 Å². The van der Waals surface area contributed by atoms with E-state index in [9.17, 15) is 14.7 Å². The van der Waals surface area contributed by atoms with E-state index in [0.717, 1.165) is 0 Å². The summed E-state index contributed by atoms with van der Waals surface area (Å²) in [5.74, 6) is -2.58. The number of aliphatic hydroxyl groups is 1. The first kappa shape index (κ1) is 13.9. The molecule has 1 N–H and O–H groups in total. The van der Waals surface area contributed by atoms with Gasteiger partial charge in [-0.05, 0) is 13.0 Å². The highest BCUT2D eigenvalue weighted by molar-refractivity contribution is 5.93. The Hall–Kier alpha value is -1.70. The van der Waals surface area contributed by atoms with Crippen LogP contribution in [-0.4, -0.2) is 48.4 Å². The molecule has 3 saturated heterocycles. The lowest BCUT2D eigenvalue weighted by Gasteiger charge is -2.39. The Morgan fingerprint density at radius 2 is 2.23 bits per heavy atom. The first-order valence-corrected chi connectivity index (χ1v) is 7.19. The first-order chi connectivity index (χ1) is 10.5. The van der Waals surface area contributed by atoms with Crippen LogP contribution < -0.4 is 0 Å². The summed E-state index contributed by atoms with van der Waals surface area (Å²) in [6.07, 6.45) is 2.59. The molecule has 0 radical (unpaired) electrons. The van der Waals surface area contributed by atoms with Crippen molar-refractivity contribution in [3.8, 4) is 0 Å². The minimum absolute atomic E-state index is 0.366. The molecule has 3 fully saturated rings. The fourth-order valence-electron chi connectivity index (χ4n) is 4.12. The molecule has 7 heteroatoms. The van der Waals surface area contributed by atoms with Crippen molar-refractivity contribution in [3.05, 3.63) is 23.8 Å². The average molecular weight is 308 g/mol. The van der Waals surface area contributed by atoms with Crippen molar-refractivity contribution in [2.75, 3.05) is 7.11 Å². The molecule has 0 aromatic heterocycles. The molecule has 0 amide bonds. The van der Waals surface area contributed by atoms with Gasteiger partial charge in [0.05, 0.1) is 18.6 Å². The molecule has 4 aliphatic rings. The zero-order valence-electron chi connectivity index (χ0n) is 12.1. The fraction of sp³-hybridized carbons (Fsp3) is 0.600. The number of carbonyl (C=O) groups is 2. The van der Waals surface area contributed by atoms with Crippen molar-refractivity contribution in [1.29, 1.82) is 0 Å². The Balaban J connectivity index is 1.76.